The molecule has 6 heteroatoms. The molecule has 12 heavy (non-hydrogen) atoms. The van der Waals surface area contributed by atoms with Crippen LogP contribution in [0.2, 0.25) is 0 Å². The van der Waals surface area contributed by atoms with E-state index in [0.717, 1.165) is 0 Å². The molecule has 2 heterocycles. The molecule has 0 bridgehead atoms. The second-order valence-electron chi connectivity index (χ2n) is 2.45. The lowest BCUT2D eigenvalue weighted by molar-refractivity contribution is -0.119. The highest BCUT2D eigenvalue weighted by atomic mass is 16.6. The van der Waals surface area contributed by atoms with Crippen LogP contribution in [0.4, 0.5) is 0 Å². The van der Waals surface area contributed by atoms with Gasteiger partial charge >= 0.3 is 0 Å². The van der Waals surface area contributed by atoms with Crippen LogP contribution in [0.3, 0.4) is 0 Å². The molecule has 2 aliphatic heterocycles. The van der Waals surface area contributed by atoms with Crippen molar-refractivity contribution in [1.82, 2.24) is 0 Å². The first-order valence-electron chi connectivity index (χ1n) is 3.43. The summed E-state index contributed by atoms with van der Waals surface area (Å²) in [6.07, 6.45) is -0.519. The molecular weight excluding hydrogens is 164 g/mol. The molecule has 68 valence electrons. The van der Waals surface area contributed by atoms with Crippen molar-refractivity contribution in [3.63, 3.8) is 0 Å². The second kappa shape index (κ2) is 3.51. The average Bonchev–Trinajstić information content (AvgIpc) is 2.85. The number of primary amides is 2. The fraction of sp³-hybridized carbons (Fsp3) is 0.667. The van der Waals surface area contributed by atoms with E-state index >= 15 is 0 Å². The standard InChI is InChI=1S/2C3H5NO2/c2*4-3(5)2-1-6-2/h2*2H,1H2,(H2,4,5)/t2*2-/m10/s1. The molecule has 0 aromatic rings. The van der Waals surface area contributed by atoms with Gasteiger partial charge in [-0.3, -0.25) is 9.59 Å². The van der Waals surface area contributed by atoms with Gasteiger partial charge in [-0.2, -0.15) is 0 Å². The van der Waals surface area contributed by atoms with E-state index in [1.54, 1.807) is 0 Å². The predicted octanol–water partition coefficient (Wildman–Crippen LogP) is -2.26. The average molecular weight is 174 g/mol. The third-order valence-electron chi connectivity index (χ3n) is 1.30. The summed E-state index contributed by atoms with van der Waals surface area (Å²) in [5.74, 6) is -0.704. The van der Waals surface area contributed by atoms with Gasteiger partial charge in [-0.1, -0.05) is 0 Å². The van der Waals surface area contributed by atoms with Gasteiger partial charge in [-0.15, -0.1) is 0 Å². The molecule has 2 atom stereocenters. The van der Waals surface area contributed by atoms with Crippen LogP contribution >= 0.6 is 0 Å². The molecule has 2 rings (SSSR count). The number of hydrogen-bond donors (Lipinski definition) is 2. The molecule has 0 aliphatic carbocycles. The molecule has 0 spiro atoms. The van der Waals surface area contributed by atoms with Gasteiger partial charge in [-0.05, 0) is 0 Å². The largest absolute Gasteiger partial charge is 0.367 e. The molecule has 0 saturated carbocycles. The zero-order chi connectivity index (χ0) is 9.14. The van der Waals surface area contributed by atoms with Gasteiger partial charge in [-0.25, -0.2) is 0 Å². The van der Waals surface area contributed by atoms with E-state index in [0.29, 0.717) is 13.2 Å². The highest BCUT2D eigenvalue weighted by Gasteiger charge is 2.28. The highest BCUT2D eigenvalue weighted by Crippen LogP contribution is 2.05. The Morgan fingerprint density at radius 1 is 1.00 bits per heavy atom. The summed E-state index contributed by atoms with van der Waals surface area (Å²) >= 11 is 0. The fourth-order valence-corrected chi connectivity index (χ4v) is 0.425. The Hall–Kier alpha value is -1.14. The Balaban J connectivity index is 0.000000120. The van der Waals surface area contributed by atoms with Crippen LogP contribution in [0.15, 0.2) is 0 Å². The van der Waals surface area contributed by atoms with E-state index in [-0.39, 0.29) is 24.0 Å². The van der Waals surface area contributed by atoms with Crippen molar-refractivity contribution < 1.29 is 19.1 Å². The van der Waals surface area contributed by atoms with Crippen LogP contribution in [-0.4, -0.2) is 37.2 Å². The number of carbonyl (C=O) groups is 2. The number of nitrogens with two attached hydrogens (primary N) is 2. The zero-order valence-electron chi connectivity index (χ0n) is 6.36. The van der Waals surface area contributed by atoms with Crippen LogP contribution in [0.5, 0.6) is 0 Å². The maximum atomic E-state index is 9.86. The maximum Gasteiger partial charge on any atom is 0.248 e. The fourth-order valence-electron chi connectivity index (χ4n) is 0.425. The smallest absolute Gasteiger partial charge is 0.248 e. The van der Waals surface area contributed by atoms with Crippen molar-refractivity contribution in [2.45, 2.75) is 12.2 Å². The van der Waals surface area contributed by atoms with Crippen LogP contribution in [-0.2, 0) is 19.1 Å². The first-order chi connectivity index (χ1) is 5.61. The van der Waals surface area contributed by atoms with Crippen molar-refractivity contribution >= 4 is 11.8 Å². The van der Waals surface area contributed by atoms with Gasteiger partial charge in [0, 0.05) is 0 Å². The van der Waals surface area contributed by atoms with Gasteiger partial charge in [0.05, 0.1) is 13.2 Å². The number of carbonyl (C=O) groups excluding carboxylic acids is 2. The lowest BCUT2D eigenvalue weighted by atomic mass is 10.5. The first kappa shape index (κ1) is 8.95. The Kier molecular flexibility index (Phi) is 2.61. The number of amides is 2. The molecule has 0 aromatic carbocycles. The van der Waals surface area contributed by atoms with Crippen molar-refractivity contribution in [3.8, 4) is 0 Å². The summed E-state index contributed by atoms with van der Waals surface area (Å²) in [6.45, 7) is 1.05. The topological polar surface area (TPSA) is 111 Å². The van der Waals surface area contributed by atoms with Gasteiger partial charge in [0.2, 0.25) is 11.8 Å². The number of ether oxygens (including phenoxy) is 2. The molecule has 4 N–H and O–H groups in total. The molecular formula is C6H10N2O4. The second-order valence-corrected chi connectivity index (χ2v) is 2.45. The summed E-state index contributed by atoms with van der Waals surface area (Å²) in [4.78, 5) is 19.7. The third-order valence-corrected chi connectivity index (χ3v) is 1.30. The Labute approximate surface area is 68.8 Å². The molecule has 2 fully saturated rings. The molecule has 0 aromatic heterocycles. The summed E-state index contributed by atoms with van der Waals surface area (Å²) < 4.78 is 8.99. The highest BCUT2D eigenvalue weighted by molar-refractivity contribution is 5.81. The Morgan fingerprint density at radius 2 is 1.25 bits per heavy atom. The van der Waals surface area contributed by atoms with E-state index in [4.69, 9.17) is 11.5 Å². The molecule has 6 nitrogen and oxygen atoms in total. The Bertz CT molecular complexity index is 176. The van der Waals surface area contributed by atoms with Crippen molar-refractivity contribution in [2.24, 2.45) is 11.5 Å². The summed E-state index contributed by atoms with van der Waals surface area (Å²) in [7, 11) is 0. The minimum atomic E-state index is -0.352. The molecule has 0 unspecified atom stereocenters. The van der Waals surface area contributed by atoms with Crippen molar-refractivity contribution in [2.75, 3.05) is 13.2 Å². The lowest BCUT2D eigenvalue weighted by Crippen LogP contribution is -2.17. The van der Waals surface area contributed by atoms with Crippen LogP contribution in [0.25, 0.3) is 0 Å². The SMILES string of the molecule is NC(=O)[C@@H]1CO1.NC(=O)[C@H]1CO1. The molecule has 2 amide bonds. The number of epoxide rings is 2. The summed E-state index contributed by atoms with van der Waals surface area (Å²) in [6, 6.07) is 0. The van der Waals surface area contributed by atoms with Crippen LogP contribution in [0, 0.1) is 0 Å². The van der Waals surface area contributed by atoms with Gasteiger partial charge in [0.1, 0.15) is 0 Å². The minimum Gasteiger partial charge on any atom is -0.367 e. The quantitative estimate of drug-likeness (QED) is 0.460. The van der Waals surface area contributed by atoms with Crippen molar-refractivity contribution in [1.29, 1.82) is 0 Å². The predicted molar refractivity (Wildman–Crippen MR) is 37.9 cm³/mol. The van der Waals surface area contributed by atoms with Crippen LogP contribution in [0.1, 0.15) is 0 Å². The first-order valence-corrected chi connectivity index (χ1v) is 3.43. The van der Waals surface area contributed by atoms with E-state index in [9.17, 15) is 9.59 Å². The summed E-state index contributed by atoms with van der Waals surface area (Å²) in [5.41, 5.74) is 9.47. The Morgan fingerprint density at radius 3 is 1.25 bits per heavy atom. The lowest BCUT2D eigenvalue weighted by Gasteiger charge is -1.73. The van der Waals surface area contributed by atoms with Gasteiger partial charge in [0.25, 0.3) is 0 Å². The van der Waals surface area contributed by atoms with Gasteiger partial charge < -0.3 is 20.9 Å². The van der Waals surface area contributed by atoms with Crippen molar-refractivity contribution in [3.05, 3.63) is 0 Å². The van der Waals surface area contributed by atoms with Gasteiger partial charge in [0.15, 0.2) is 12.2 Å². The molecule has 2 saturated heterocycles. The molecule has 0 radical (unpaired) electrons. The van der Waals surface area contributed by atoms with E-state index in [1.807, 2.05) is 0 Å². The zero-order valence-corrected chi connectivity index (χ0v) is 6.36. The van der Waals surface area contributed by atoms with E-state index in [1.165, 1.54) is 0 Å². The number of rotatable bonds is 2. The monoisotopic (exact) mass is 174 g/mol. The summed E-state index contributed by atoms with van der Waals surface area (Å²) in [5, 5.41) is 0. The normalized spacial score (nSPS) is 29.7. The number of hydrogen-bond acceptors (Lipinski definition) is 4. The van der Waals surface area contributed by atoms with E-state index < -0.39 is 0 Å². The molecule has 2 aliphatic rings. The maximum absolute atomic E-state index is 9.86. The minimum absolute atomic E-state index is 0.259. The van der Waals surface area contributed by atoms with E-state index in [2.05, 4.69) is 9.47 Å². The third kappa shape index (κ3) is 3.31. The van der Waals surface area contributed by atoms with Crippen LogP contribution < -0.4 is 11.5 Å².